The third-order valence-electron chi connectivity index (χ3n) is 7.30. The predicted octanol–water partition coefficient (Wildman–Crippen LogP) is 10.3. The Labute approximate surface area is 242 Å². The first-order chi connectivity index (χ1) is 20.0. The third-order valence-corrected chi connectivity index (χ3v) is 7.60. The van der Waals surface area contributed by atoms with Crippen LogP contribution < -0.4 is 4.67 Å². The van der Waals surface area contributed by atoms with E-state index in [1.165, 1.54) is 0 Å². The summed E-state index contributed by atoms with van der Waals surface area (Å²) in [5.74, 6) is 2.57. The van der Waals surface area contributed by atoms with E-state index >= 15 is 4.48 Å². The Kier molecular flexibility index (Phi) is 7.88. The van der Waals surface area contributed by atoms with Gasteiger partial charge in [-0.2, -0.15) is 4.79 Å². The van der Waals surface area contributed by atoms with E-state index in [0.29, 0.717) is 11.0 Å². The number of anilines is 1. The quantitative estimate of drug-likeness (QED) is 0.117. The maximum atomic E-state index is 16.2. The molecule has 41 heavy (non-hydrogen) atoms. The standard InChI is InChI=1S/C35H26FN2P.C2H4/c1-4-6-12-29-28(5-2)34-32-20-17-26(22-33(32)38(36)35(34)31-14-8-7-13-30(29)31)25-11-9-10-24(21-25)23-15-18-27(19-16-23)37(3)39;1-2/h1,5-22H,2,39H2,3H3;1-2H2/b12-6-;. The van der Waals surface area contributed by atoms with Gasteiger partial charge < -0.3 is 4.67 Å². The summed E-state index contributed by atoms with van der Waals surface area (Å²) in [4.78, 5) is 0.819. The number of terminal acetylenes is 1. The molecule has 1 heterocycles. The monoisotopic (exact) mass is 552 g/mol. The molecule has 0 saturated heterocycles. The summed E-state index contributed by atoms with van der Waals surface area (Å²) < 4.78 is 18.2. The van der Waals surface area contributed by atoms with Crippen LogP contribution in [-0.2, 0) is 0 Å². The number of hydrogen-bond donors (Lipinski definition) is 0. The van der Waals surface area contributed by atoms with Crippen LogP contribution in [0.4, 0.5) is 10.2 Å². The van der Waals surface area contributed by atoms with Crippen molar-refractivity contribution < 1.29 is 4.48 Å². The maximum absolute atomic E-state index is 16.2. The third kappa shape index (κ3) is 4.84. The molecule has 0 spiro atoms. The highest BCUT2D eigenvalue weighted by Crippen LogP contribution is 2.42. The first-order valence-corrected chi connectivity index (χ1v) is 13.7. The number of hydrogen-bond acceptors (Lipinski definition) is 1. The molecule has 0 aliphatic rings. The highest BCUT2D eigenvalue weighted by molar-refractivity contribution is 7.19. The smallest absolute Gasteiger partial charge is 0.0911 e. The molecular weight excluding hydrogens is 522 g/mol. The largest absolute Gasteiger partial charge is 0.359 e. The van der Waals surface area contributed by atoms with Crippen LogP contribution in [0.25, 0.3) is 67.0 Å². The zero-order valence-electron chi connectivity index (χ0n) is 22.9. The number of nitrogens with zero attached hydrogens (tertiary/aromatic N) is 2. The Bertz CT molecular complexity index is 1990. The average Bonchev–Trinajstić information content (AvgIpc) is 3.32. The van der Waals surface area contributed by atoms with Crippen molar-refractivity contribution in [3.8, 4) is 34.6 Å². The van der Waals surface area contributed by atoms with Crippen molar-refractivity contribution in [2.24, 2.45) is 0 Å². The molecule has 0 fully saturated rings. The van der Waals surface area contributed by atoms with E-state index in [9.17, 15) is 0 Å². The number of halogens is 1. The van der Waals surface area contributed by atoms with E-state index in [4.69, 9.17) is 6.42 Å². The molecule has 0 bridgehead atoms. The number of aromatic nitrogens is 1. The molecule has 0 saturated carbocycles. The van der Waals surface area contributed by atoms with E-state index in [1.807, 2.05) is 60.3 Å². The first-order valence-electron chi connectivity index (χ1n) is 13.1. The fourth-order valence-corrected chi connectivity index (χ4v) is 5.61. The van der Waals surface area contributed by atoms with Crippen LogP contribution in [-0.4, -0.2) is 11.8 Å². The number of rotatable bonds is 5. The van der Waals surface area contributed by atoms with Crippen LogP contribution in [0.2, 0.25) is 0 Å². The zero-order chi connectivity index (χ0) is 29.1. The van der Waals surface area contributed by atoms with Crippen LogP contribution in [0, 0.1) is 12.3 Å². The molecule has 2 nitrogen and oxygen atoms in total. The molecule has 6 aromatic rings. The van der Waals surface area contributed by atoms with E-state index in [2.05, 4.69) is 83.6 Å². The fourth-order valence-electron chi connectivity index (χ4n) is 5.44. The Morgan fingerprint density at radius 1 is 0.805 bits per heavy atom. The highest BCUT2D eigenvalue weighted by atomic mass is 31.0. The molecule has 0 aliphatic carbocycles. The maximum Gasteiger partial charge on any atom is 0.0911 e. The van der Waals surface area contributed by atoms with Crippen molar-refractivity contribution in [1.82, 2.24) is 4.79 Å². The average molecular weight is 553 g/mol. The van der Waals surface area contributed by atoms with Crippen LogP contribution in [0.15, 0.2) is 117 Å². The van der Waals surface area contributed by atoms with Gasteiger partial charge in [-0.15, -0.1) is 19.6 Å². The molecule has 200 valence electrons. The summed E-state index contributed by atoms with van der Waals surface area (Å²) >= 11 is 0. The van der Waals surface area contributed by atoms with Crippen molar-refractivity contribution in [2.75, 3.05) is 11.7 Å². The van der Waals surface area contributed by atoms with Crippen molar-refractivity contribution in [3.05, 3.63) is 128 Å². The van der Waals surface area contributed by atoms with Crippen LogP contribution in [0.3, 0.4) is 0 Å². The minimum absolute atomic E-state index is 0.520. The van der Waals surface area contributed by atoms with E-state index < -0.39 is 0 Å². The van der Waals surface area contributed by atoms with E-state index in [1.54, 1.807) is 12.2 Å². The van der Waals surface area contributed by atoms with Crippen molar-refractivity contribution >= 4 is 59.8 Å². The van der Waals surface area contributed by atoms with Gasteiger partial charge in [-0.25, -0.2) is 0 Å². The number of benzene rings is 5. The van der Waals surface area contributed by atoms with Gasteiger partial charge in [-0.1, -0.05) is 89.8 Å². The topological polar surface area (TPSA) is 8.17 Å². The Balaban J connectivity index is 0.00000165. The molecule has 1 unspecified atom stereocenters. The molecule has 5 aromatic carbocycles. The van der Waals surface area contributed by atoms with Gasteiger partial charge in [-0.3, -0.25) is 0 Å². The Morgan fingerprint density at radius 3 is 2.10 bits per heavy atom. The van der Waals surface area contributed by atoms with Crippen molar-refractivity contribution in [2.45, 2.75) is 0 Å². The molecule has 0 N–H and O–H groups in total. The van der Waals surface area contributed by atoms with Gasteiger partial charge in [0.05, 0.1) is 11.0 Å². The van der Waals surface area contributed by atoms with Gasteiger partial charge in [-0.05, 0) is 84.6 Å². The van der Waals surface area contributed by atoms with Gasteiger partial charge >= 0.3 is 0 Å². The first kappa shape index (κ1) is 27.7. The summed E-state index contributed by atoms with van der Waals surface area (Å²) in [6.07, 6.45) is 10.9. The normalized spacial score (nSPS) is 11.0. The Morgan fingerprint density at radius 2 is 1.44 bits per heavy atom. The van der Waals surface area contributed by atoms with Crippen LogP contribution in [0.5, 0.6) is 0 Å². The molecule has 1 aromatic heterocycles. The van der Waals surface area contributed by atoms with Gasteiger partial charge in [0.2, 0.25) is 0 Å². The molecule has 6 rings (SSSR count). The summed E-state index contributed by atoms with van der Waals surface area (Å²) in [5.41, 5.74) is 8.19. The summed E-state index contributed by atoms with van der Waals surface area (Å²) in [5, 5.41) is 3.43. The molecule has 4 heteroatoms. The lowest BCUT2D eigenvalue weighted by molar-refractivity contribution is 0.406. The highest BCUT2D eigenvalue weighted by Gasteiger charge is 2.20. The molecule has 1 atom stereocenters. The van der Waals surface area contributed by atoms with Gasteiger partial charge in [0, 0.05) is 28.9 Å². The molecule has 0 amide bonds. The van der Waals surface area contributed by atoms with Crippen LogP contribution >= 0.6 is 9.39 Å². The SMILES string of the molecule is C#C/C=C\c1c(C=C)c2c3ccc(-c4cccc(-c5ccc(N(C)P)cc5)c4)cc3n(F)c2c2ccccc12.C=C. The predicted molar refractivity (Wildman–Crippen MR) is 182 cm³/mol. The summed E-state index contributed by atoms with van der Waals surface area (Å²) in [6, 6.07) is 30.6. The second kappa shape index (κ2) is 11.7. The van der Waals surface area contributed by atoms with Gasteiger partial charge in [0.25, 0.3) is 0 Å². The lowest BCUT2D eigenvalue weighted by Crippen LogP contribution is -1.98. The minimum Gasteiger partial charge on any atom is -0.359 e. The molecule has 0 radical (unpaired) electrons. The number of fused-ring (bicyclic) bond motifs is 5. The second-order valence-corrected chi connectivity index (χ2v) is 10.3. The fraction of sp³-hybridized carbons (Fsp3) is 0.0270. The zero-order valence-corrected chi connectivity index (χ0v) is 24.1. The van der Waals surface area contributed by atoms with Crippen molar-refractivity contribution in [3.63, 3.8) is 0 Å². The second-order valence-electron chi connectivity index (χ2n) is 9.55. The lowest BCUT2D eigenvalue weighted by Gasteiger charge is -2.13. The van der Waals surface area contributed by atoms with E-state index in [-0.39, 0.29) is 0 Å². The summed E-state index contributed by atoms with van der Waals surface area (Å²) in [7, 11) is 4.67. The van der Waals surface area contributed by atoms with Crippen molar-refractivity contribution in [1.29, 1.82) is 0 Å². The minimum atomic E-state index is 0.520. The lowest BCUT2D eigenvalue weighted by atomic mass is 9.93. The summed E-state index contributed by atoms with van der Waals surface area (Å²) in [6.45, 7) is 10.1. The van der Waals surface area contributed by atoms with Crippen LogP contribution in [0.1, 0.15) is 11.1 Å². The molecular formula is C37H30FN2P. The van der Waals surface area contributed by atoms with Gasteiger partial charge in [0.1, 0.15) is 0 Å². The molecule has 0 aliphatic heterocycles. The Hall–Kier alpha value is -4.90. The number of allylic oxidation sites excluding steroid dienone is 1. The van der Waals surface area contributed by atoms with E-state index in [0.717, 1.165) is 65.4 Å². The van der Waals surface area contributed by atoms with Gasteiger partial charge in [0.15, 0.2) is 0 Å².